The second-order valence-corrected chi connectivity index (χ2v) is 5.30. The highest BCUT2D eigenvalue weighted by Crippen LogP contribution is 2.27. The van der Waals surface area contributed by atoms with Gasteiger partial charge in [0.15, 0.2) is 0 Å². The third kappa shape index (κ3) is 3.80. The Hall–Kier alpha value is -0.900. The van der Waals surface area contributed by atoms with E-state index in [0.717, 1.165) is 19.5 Å². The van der Waals surface area contributed by atoms with Crippen molar-refractivity contribution in [3.8, 4) is 0 Å². The molecule has 1 aliphatic carbocycles. The number of nitrogens with two attached hydrogens (primary N) is 1. The second kappa shape index (κ2) is 6.32. The molecular weight excluding hydrogens is 224 g/mol. The number of hydrogen-bond donors (Lipinski definition) is 2. The van der Waals surface area contributed by atoms with Gasteiger partial charge in [-0.2, -0.15) is 0 Å². The summed E-state index contributed by atoms with van der Waals surface area (Å²) in [6.07, 6.45) is 3.51. The lowest BCUT2D eigenvalue weighted by molar-refractivity contribution is 0.185. The summed E-state index contributed by atoms with van der Waals surface area (Å²) in [7, 11) is 0. The number of hydrogen-bond acceptors (Lipinski definition) is 3. The fourth-order valence-electron chi connectivity index (χ4n) is 2.42. The van der Waals surface area contributed by atoms with Gasteiger partial charge in [0.2, 0.25) is 0 Å². The van der Waals surface area contributed by atoms with Crippen LogP contribution < -0.4 is 5.73 Å². The first-order valence-corrected chi connectivity index (χ1v) is 6.88. The van der Waals surface area contributed by atoms with Crippen molar-refractivity contribution in [3.05, 3.63) is 35.4 Å². The Morgan fingerprint density at radius 3 is 2.78 bits per heavy atom. The van der Waals surface area contributed by atoms with E-state index in [4.69, 9.17) is 10.8 Å². The van der Waals surface area contributed by atoms with Gasteiger partial charge in [0, 0.05) is 25.2 Å². The molecule has 18 heavy (non-hydrogen) atoms. The summed E-state index contributed by atoms with van der Waals surface area (Å²) in [6, 6.07) is 9.23. The maximum atomic E-state index is 9.06. The number of benzene rings is 1. The lowest BCUT2D eigenvalue weighted by Gasteiger charge is -2.23. The van der Waals surface area contributed by atoms with Gasteiger partial charge in [-0.25, -0.2) is 0 Å². The number of aliphatic hydroxyl groups excluding tert-OH is 1. The van der Waals surface area contributed by atoms with Gasteiger partial charge < -0.3 is 10.8 Å². The summed E-state index contributed by atoms with van der Waals surface area (Å²) in [4.78, 5) is 2.37. The predicted molar refractivity (Wildman–Crippen MR) is 74.4 cm³/mol. The Bertz CT molecular complexity index is 377. The second-order valence-electron chi connectivity index (χ2n) is 5.30. The Morgan fingerprint density at radius 1 is 1.39 bits per heavy atom. The normalized spacial score (nSPS) is 17.1. The fraction of sp³-hybridized carbons (Fsp3) is 0.600. The van der Waals surface area contributed by atoms with Crippen LogP contribution in [0.5, 0.6) is 0 Å². The van der Waals surface area contributed by atoms with Crippen LogP contribution in [0.25, 0.3) is 0 Å². The van der Waals surface area contributed by atoms with E-state index in [2.05, 4.69) is 36.1 Å². The molecule has 1 aromatic rings. The van der Waals surface area contributed by atoms with Crippen molar-refractivity contribution in [2.45, 2.75) is 38.3 Å². The molecule has 0 heterocycles. The van der Waals surface area contributed by atoms with Crippen LogP contribution in [-0.4, -0.2) is 35.7 Å². The topological polar surface area (TPSA) is 49.5 Å². The van der Waals surface area contributed by atoms with E-state index < -0.39 is 0 Å². The van der Waals surface area contributed by atoms with E-state index in [-0.39, 0.29) is 12.6 Å². The quantitative estimate of drug-likeness (QED) is 0.774. The summed E-state index contributed by atoms with van der Waals surface area (Å²) < 4.78 is 0. The molecule has 0 aromatic heterocycles. The summed E-state index contributed by atoms with van der Waals surface area (Å²) in [6.45, 7) is 4.11. The molecule has 3 nitrogen and oxygen atoms in total. The summed E-state index contributed by atoms with van der Waals surface area (Å²) in [5, 5.41) is 9.06. The molecule has 1 aliphatic rings. The molecule has 3 N–H and O–H groups in total. The zero-order valence-electron chi connectivity index (χ0n) is 11.2. The summed E-state index contributed by atoms with van der Waals surface area (Å²) in [5.74, 6) is 0. The first kappa shape index (κ1) is 13.5. The third-order valence-electron chi connectivity index (χ3n) is 3.65. The third-order valence-corrected chi connectivity index (χ3v) is 3.65. The average molecular weight is 248 g/mol. The van der Waals surface area contributed by atoms with E-state index in [1.54, 1.807) is 0 Å². The number of aryl methyl sites for hydroxylation is 1. The predicted octanol–water partition coefficient (Wildman–Crippen LogP) is 1.84. The first-order chi connectivity index (χ1) is 8.70. The van der Waals surface area contributed by atoms with Gasteiger partial charge in [0.05, 0.1) is 6.61 Å². The van der Waals surface area contributed by atoms with Gasteiger partial charge in [-0.3, -0.25) is 4.90 Å². The van der Waals surface area contributed by atoms with E-state index in [0.29, 0.717) is 6.04 Å². The molecule has 3 heteroatoms. The van der Waals surface area contributed by atoms with Gasteiger partial charge in [-0.15, -0.1) is 0 Å². The van der Waals surface area contributed by atoms with Gasteiger partial charge in [-0.05, 0) is 31.7 Å². The summed E-state index contributed by atoms with van der Waals surface area (Å²) in [5.41, 5.74) is 8.72. The highest BCUT2D eigenvalue weighted by Gasteiger charge is 2.28. The molecule has 1 fully saturated rings. The average Bonchev–Trinajstić information content (AvgIpc) is 3.18. The maximum absolute atomic E-state index is 9.06. The minimum atomic E-state index is 0.102. The molecule has 0 saturated heterocycles. The van der Waals surface area contributed by atoms with Crippen LogP contribution in [0, 0.1) is 6.92 Å². The Morgan fingerprint density at radius 2 is 2.17 bits per heavy atom. The van der Waals surface area contributed by atoms with Crippen molar-refractivity contribution < 1.29 is 5.11 Å². The van der Waals surface area contributed by atoms with Gasteiger partial charge in [-0.1, -0.05) is 29.8 Å². The van der Waals surface area contributed by atoms with Crippen molar-refractivity contribution in [1.82, 2.24) is 4.90 Å². The van der Waals surface area contributed by atoms with Gasteiger partial charge in [0.1, 0.15) is 0 Å². The molecule has 2 rings (SSSR count). The highest BCUT2D eigenvalue weighted by atomic mass is 16.3. The van der Waals surface area contributed by atoms with Crippen molar-refractivity contribution in [3.63, 3.8) is 0 Å². The van der Waals surface area contributed by atoms with Crippen LogP contribution in [0.4, 0.5) is 0 Å². The molecule has 0 radical (unpaired) electrons. The Kier molecular flexibility index (Phi) is 4.75. The minimum absolute atomic E-state index is 0.102. The molecule has 100 valence electrons. The Balaban J connectivity index is 1.84. The van der Waals surface area contributed by atoms with E-state index in [1.807, 2.05) is 0 Å². The van der Waals surface area contributed by atoms with Crippen LogP contribution in [0.15, 0.2) is 24.3 Å². The highest BCUT2D eigenvalue weighted by molar-refractivity contribution is 5.24. The standard InChI is InChI=1S/C15H24N2O/c1-12-3-2-4-13(11-12)15(16)7-8-17(9-10-18)14-5-6-14/h2-4,11,14-15,18H,5-10,16H2,1H3. The molecule has 1 aromatic carbocycles. The molecule has 1 atom stereocenters. The van der Waals surface area contributed by atoms with Crippen LogP contribution in [0.3, 0.4) is 0 Å². The van der Waals surface area contributed by atoms with Crippen LogP contribution in [0.2, 0.25) is 0 Å². The monoisotopic (exact) mass is 248 g/mol. The van der Waals surface area contributed by atoms with Crippen molar-refractivity contribution in [2.24, 2.45) is 5.73 Å². The zero-order valence-corrected chi connectivity index (χ0v) is 11.2. The maximum Gasteiger partial charge on any atom is 0.0558 e. The smallest absolute Gasteiger partial charge is 0.0558 e. The molecule has 1 saturated carbocycles. The fourth-order valence-corrected chi connectivity index (χ4v) is 2.42. The molecule has 1 unspecified atom stereocenters. The summed E-state index contributed by atoms with van der Waals surface area (Å²) >= 11 is 0. The largest absolute Gasteiger partial charge is 0.395 e. The lowest BCUT2D eigenvalue weighted by Crippen LogP contribution is -2.32. The number of rotatable bonds is 7. The minimum Gasteiger partial charge on any atom is -0.395 e. The SMILES string of the molecule is Cc1cccc(C(N)CCN(CCO)C2CC2)c1. The van der Waals surface area contributed by atoms with E-state index in [9.17, 15) is 0 Å². The van der Waals surface area contributed by atoms with Gasteiger partial charge in [0.25, 0.3) is 0 Å². The van der Waals surface area contributed by atoms with Crippen LogP contribution in [-0.2, 0) is 0 Å². The first-order valence-electron chi connectivity index (χ1n) is 6.88. The number of nitrogens with zero attached hydrogens (tertiary/aromatic N) is 1. The number of aliphatic hydroxyl groups is 1. The van der Waals surface area contributed by atoms with E-state index in [1.165, 1.54) is 24.0 Å². The van der Waals surface area contributed by atoms with Gasteiger partial charge >= 0.3 is 0 Å². The van der Waals surface area contributed by atoms with Crippen molar-refractivity contribution in [1.29, 1.82) is 0 Å². The van der Waals surface area contributed by atoms with Crippen LogP contribution in [0.1, 0.15) is 36.4 Å². The zero-order chi connectivity index (χ0) is 13.0. The van der Waals surface area contributed by atoms with Crippen molar-refractivity contribution in [2.75, 3.05) is 19.7 Å². The molecule has 0 spiro atoms. The molecular formula is C15H24N2O. The molecule has 0 aliphatic heterocycles. The van der Waals surface area contributed by atoms with Crippen molar-refractivity contribution >= 4 is 0 Å². The lowest BCUT2D eigenvalue weighted by atomic mass is 10.0. The molecule has 0 bridgehead atoms. The van der Waals surface area contributed by atoms with Crippen LogP contribution >= 0.6 is 0 Å². The Labute approximate surface area is 110 Å². The molecule has 0 amide bonds. The van der Waals surface area contributed by atoms with E-state index >= 15 is 0 Å².